The second kappa shape index (κ2) is 10.8. The van der Waals surface area contributed by atoms with Crippen molar-refractivity contribution in [1.82, 2.24) is 15.1 Å². The van der Waals surface area contributed by atoms with Gasteiger partial charge in [0.2, 0.25) is 0 Å². The molecule has 1 aromatic heterocycles. The van der Waals surface area contributed by atoms with E-state index in [0.29, 0.717) is 6.61 Å². The van der Waals surface area contributed by atoms with Gasteiger partial charge in [0.25, 0.3) is 0 Å². The summed E-state index contributed by atoms with van der Waals surface area (Å²) in [6, 6.07) is 24.7. The van der Waals surface area contributed by atoms with Crippen LogP contribution in [0.25, 0.3) is 10.9 Å². The molecule has 4 rings (SSSR count). The van der Waals surface area contributed by atoms with Crippen molar-refractivity contribution in [2.75, 3.05) is 13.2 Å². The molecule has 32 heavy (non-hydrogen) atoms. The van der Waals surface area contributed by atoms with Gasteiger partial charge in [0.15, 0.2) is 0 Å². The van der Waals surface area contributed by atoms with Crippen LogP contribution in [0, 0.1) is 6.92 Å². The quantitative estimate of drug-likeness (QED) is 0.324. The zero-order valence-electron chi connectivity index (χ0n) is 18.9. The van der Waals surface area contributed by atoms with E-state index in [-0.39, 0.29) is 0 Å². The molecule has 1 N–H and O–H groups in total. The number of hydrogen-bond donors (Lipinski definition) is 1. The Hall–Kier alpha value is -3.31. The minimum atomic E-state index is 0.553. The molecule has 166 valence electrons. The van der Waals surface area contributed by atoms with E-state index < -0.39 is 0 Å². The predicted molar refractivity (Wildman–Crippen MR) is 129 cm³/mol. The lowest BCUT2D eigenvalue weighted by molar-refractivity contribution is 0.305. The number of aryl methyl sites for hydroxylation is 2. The lowest BCUT2D eigenvalue weighted by atomic mass is 10.1. The van der Waals surface area contributed by atoms with Crippen molar-refractivity contribution in [3.8, 4) is 11.5 Å². The molecule has 0 atom stereocenters. The number of fused-ring (bicyclic) bond motifs is 1. The number of benzene rings is 3. The molecule has 0 aliphatic rings. The molecule has 0 radical (unpaired) electrons. The SMILES string of the molecule is Cc1nn(C)c2cc(OCc3ccc(CNCCCCOc4ccccc4)cc3)ccc12. The minimum absolute atomic E-state index is 0.553. The van der Waals surface area contributed by atoms with E-state index in [1.54, 1.807) is 0 Å². The third kappa shape index (κ3) is 5.89. The van der Waals surface area contributed by atoms with E-state index in [0.717, 1.165) is 60.8 Å². The van der Waals surface area contributed by atoms with Gasteiger partial charge in [0.05, 0.1) is 17.8 Å². The molecule has 0 saturated carbocycles. The van der Waals surface area contributed by atoms with Crippen molar-refractivity contribution in [2.24, 2.45) is 7.05 Å². The van der Waals surface area contributed by atoms with Gasteiger partial charge in [-0.25, -0.2) is 0 Å². The zero-order chi connectivity index (χ0) is 22.2. The summed E-state index contributed by atoms with van der Waals surface area (Å²) in [6.45, 7) is 5.20. The number of hydrogen-bond acceptors (Lipinski definition) is 4. The number of nitrogens with one attached hydrogen (secondary N) is 1. The monoisotopic (exact) mass is 429 g/mol. The molecule has 0 saturated heterocycles. The largest absolute Gasteiger partial charge is 0.494 e. The third-order valence-corrected chi connectivity index (χ3v) is 5.53. The van der Waals surface area contributed by atoms with Gasteiger partial charge < -0.3 is 14.8 Å². The second-order valence-electron chi connectivity index (χ2n) is 8.04. The summed E-state index contributed by atoms with van der Waals surface area (Å²) in [6.07, 6.45) is 2.14. The summed E-state index contributed by atoms with van der Waals surface area (Å²) in [5.74, 6) is 1.81. The highest BCUT2D eigenvalue weighted by Gasteiger charge is 2.06. The van der Waals surface area contributed by atoms with E-state index in [2.05, 4.69) is 46.8 Å². The van der Waals surface area contributed by atoms with Gasteiger partial charge in [-0.15, -0.1) is 0 Å². The van der Waals surface area contributed by atoms with Crippen LogP contribution < -0.4 is 14.8 Å². The first-order chi connectivity index (χ1) is 15.7. The molecular weight excluding hydrogens is 398 g/mol. The number of unbranched alkanes of at least 4 members (excludes halogenated alkanes) is 1. The highest BCUT2D eigenvalue weighted by molar-refractivity contribution is 5.83. The molecule has 3 aromatic carbocycles. The van der Waals surface area contributed by atoms with Gasteiger partial charge in [-0.05, 0) is 61.7 Å². The Kier molecular flexibility index (Phi) is 7.41. The molecule has 0 aliphatic heterocycles. The van der Waals surface area contributed by atoms with Crippen LogP contribution in [0.2, 0.25) is 0 Å². The molecule has 0 unspecified atom stereocenters. The molecule has 0 fully saturated rings. The van der Waals surface area contributed by atoms with Crippen molar-refractivity contribution in [2.45, 2.75) is 32.9 Å². The maximum atomic E-state index is 6.00. The molecule has 5 heteroatoms. The van der Waals surface area contributed by atoms with Gasteiger partial charge in [0.1, 0.15) is 18.1 Å². The van der Waals surface area contributed by atoms with Crippen molar-refractivity contribution in [1.29, 1.82) is 0 Å². The van der Waals surface area contributed by atoms with Crippen LogP contribution in [0.15, 0.2) is 72.8 Å². The molecule has 0 amide bonds. The Bertz CT molecular complexity index is 1120. The molecule has 1 heterocycles. The zero-order valence-corrected chi connectivity index (χ0v) is 18.9. The molecule has 0 bridgehead atoms. The first-order valence-corrected chi connectivity index (χ1v) is 11.2. The molecular formula is C27H31N3O2. The van der Waals surface area contributed by atoms with Crippen molar-refractivity contribution in [3.05, 3.63) is 89.6 Å². The first kappa shape index (κ1) is 21.9. The number of aromatic nitrogens is 2. The average Bonchev–Trinajstić information content (AvgIpc) is 3.11. The lowest BCUT2D eigenvalue weighted by Gasteiger charge is -2.09. The smallest absolute Gasteiger partial charge is 0.121 e. The summed E-state index contributed by atoms with van der Waals surface area (Å²) >= 11 is 0. The summed E-state index contributed by atoms with van der Waals surface area (Å²) < 4.78 is 13.6. The number of rotatable bonds is 11. The number of nitrogens with zero attached hydrogens (tertiary/aromatic N) is 2. The van der Waals surface area contributed by atoms with E-state index in [1.165, 1.54) is 10.9 Å². The van der Waals surface area contributed by atoms with Crippen molar-refractivity contribution < 1.29 is 9.47 Å². The molecule has 4 aromatic rings. The highest BCUT2D eigenvalue weighted by atomic mass is 16.5. The van der Waals surface area contributed by atoms with Crippen LogP contribution in [-0.4, -0.2) is 22.9 Å². The third-order valence-electron chi connectivity index (χ3n) is 5.53. The Labute approximate surface area is 190 Å². The predicted octanol–water partition coefficient (Wildman–Crippen LogP) is 5.41. The van der Waals surface area contributed by atoms with Crippen LogP contribution in [0.3, 0.4) is 0 Å². The Morgan fingerprint density at radius 2 is 1.62 bits per heavy atom. The summed E-state index contributed by atoms with van der Waals surface area (Å²) in [5.41, 5.74) is 4.57. The van der Waals surface area contributed by atoms with Crippen LogP contribution in [0.5, 0.6) is 11.5 Å². The first-order valence-electron chi connectivity index (χ1n) is 11.2. The van der Waals surface area contributed by atoms with Gasteiger partial charge in [-0.2, -0.15) is 5.10 Å². The van der Waals surface area contributed by atoms with E-state index in [4.69, 9.17) is 9.47 Å². The summed E-state index contributed by atoms with van der Waals surface area (Å²) in [5, 5.41) is 9.14. The summed E-state index contributed by atoms with van der Waals surface area (Å²) in [4.78, 5) is 0. The van der Waals surface area contributed by atoms with E-state index in [9.17, 15) is 0 Å². The normalized spacial score (nSPS) is 11.1. The van der Waals surface area contributed by atoms with E-state index in [1.807, 2.05) is 55.1 Å². The van der Waals surface area contributed by atoms with Crippen LogP contribution >= 0.6 is 0 Å². The summed E-state index contributed by atoms with van der Waals surface area (Å²) in [7, 11) is 1.96. The van der Waals surface area contributed by atoms with Crippen LogP contribution in [0.1, 0.15) is 29.7 Å². The lowest BCUT2D eigenvalue weighted by Crippen LogP contribution is -2.15. The second-order valence-corrected chi connectivity index (χ2v) is 8.04. The molecule has 0 spiro atoms. The van der Waals surface area contributed by atoms with Gasteiger partial charge >= 0.3 is 0 Å². The van der Waals surface area contributed by atoms with Gasteiger partial charge in [-0.3, -0.25) is 4.68 Å². The maximum absolute atomic E-state index is 6.00. The van der Waals surface area contributed by atoms with Gasteiger partial charge in [0, 0.05) is 25.0 Å². The molecule has 0 aliphatic carbocycles. The fourth-order valence-electron chi connectivity index (χ4n) is 3.72. The van der Waals surface area contributed by atoms with E-state index >= 15 is 0 Å². The Morgan fingerprint density at radius 1 is 0.844 bits per heavy atom. The highest BCUT2D eigenvalue weighted by Crippen LogP contribution is 2.23. The number of ether oxygens (including phenoxy) is 2. The Balaban J connectivity index is 1.15. The Morgan fingerprint density at radius 3 is 2.44 bits per heavy atom. The van der Waals surface area contributed by atoms with Crippen molar-refractivity contribution in [3.63, 3.8) is 0 Å². The topological polar surface area (TPSA) is 48.3 Å². The standard InChI is InChI=1S/C27H31N3O2/c1-21-26-15-14-25(18-27(26)30(2)29-21)32-20-23-12-10-22(11-13-23)19-28-16-6-7-17-31-24-8-4-3-5-9-24/h3-5,8-15,18,28H,6-7,16-17,19-20H2,1-2H3. The molecule has 5 nitrogen and oxygen atoms in total. The minimum Gasteiger partial charge on any atom is -0.494 e. The van der Waals surface area contributed by atoms with Crippen LogP contribution in [0.4, 0.5) is 0 Å². The van der Waals surface area contributed by atoms with Crippen molar-refractivity contribution >= 4 is 10.9 Å². The average molecular weight is 430 g/mol. The van der Waals surface area contributed by atoms with Gasteiger partial charge in [-0.1, -0.05) is 42.5 Å². The van der Waals surface area contributed by atoms with Crippen LogP contribution in [-0.2, 0) is 20.2 Å². The fourth-order valence-corrected chi connectivity index (χ4v) is 3.72. The number of para-hydroxylation sites is 1. The maximum Gasteiger partial charge on any atom is 0.121 e. The fraction of sp³-hybridized carbons (Fsp3) is 0.296.